The minimum Gasteiger partial charge on any atom is -0.467 e. The Labute approximate surface area is 147 Å². The summed E-state index contributed by atoms with van der Waals surface area (Å²) in [5.74, 6) is -0.620. The maximum Gasteiger partial charge on any atom is 0.328 e. The number of sulfonamides is 1. The summed E-state index contributed by atoms with van der Waals surface area (Å²) in [7, 11) is -2.04. The van der Waals surface area contributed by atoms with Crippen LogP contribution in [0, 0.1) is 0 Å². The van der Waals surface area contributed by atoms with Gasteiger partial charge < -0.3 is 9.64 Å². The van der Waals surface area contributed by atoms with Crippen molar-refractivity contribution in [2.24, 2.45) is 0 Å². The third-order valence-electron chi connectivity index (χ3n) is 4.82. The van der Waals surface area contributed by atoms with Gasteiger partial charge in [0.15, 0.2) is 0 Å². The Balaban J connectivity index is 1.90. The van der Waals surface area contributed by atoms with E-state index < -0.39 is 22.0 Å². The number of methoxy groups -OCH3 is 1. The van der Waals surface area contributed by atoms with Gasteiger partial charge in [0, 0.05) is 18.2 Å². The fourth-order valence-electron chi connectivity index (χ4n) is 3.80. The molecule has 2 heterocycles. The average molecular weight is 366 g/mol. The molecule has 2 unspecified atom stereocenters. The fourth-order valence-corrected chi connectivity index (χ4v) is 5.06. The first kappa shape index (κ1) is 17.7. The van der Waals surface area contributed by atoms with Crippen LogP contribution in [-0.4, -0.2) is 57.2 Å². The zero-order chi connectivity index (χ0) is 18.4. The number of anilines is 1. The van der Waals surface area contributed by atoms with Gasteiger partial charge in [-0.1, -0.05) is 0 Å². The van der Waals surface area contributed by atoms with Gasteiger partial charge in [-0.25, -0.2) is 13.2 Å². The number of carbonyl (C=O) groups excluding carboxylic acids is 2. The summed E-state index contributed by atoms with van der Waals surface area (Å²) < 4.78 is 30.1. The van der Waals surface area contributed by atoms with Crippen LogP contribution >= 0.6 is 0 Å². The Morgan fingerprint density at radius 2 is 2.00 bits per heavy atom. The molecule has 2 aliphatic rings. The van der Waals surface area contributed by atoms with E-state index in [0.29, 0.717) is 30.6 Å². The van der Waals surface area contributed by atoms with Crippen molar-refractivity contribution in [3.8, 4) is 0 Å². The van der Waals surface area contributed by atoms with Crippen LogP contribution in [0.3, 0.4) is 0 Å². The number of hydrogen-bond donors (Lipinski definition) is 0. The predicted molar refractivity (Wildman–Crippen MR) is 93.0 cm³/mol. The molecule has 8 heteroatoms. The number of benzene rings is 1. The molecule has 0 radical (unpaired) electrons. The van der Waals surface area contributed by atoms with E-state index in [1.807, 2.05) is 6.92 Å². The van der Waals surface area contributed by atoms with Crippen LogP contribution in [0.4, 0.5) is 5.69 Å². The first-order chi connectivity index (χ1) is 11.7. The van der Waals surface area contributed by atoms with Crippen molar-refractivity contribution in [1.29, 1.82) is 0 Å². The van der Waals surface area contributed by atoms with E-state index in [9.17, 15) is 18.0 Å². The largest absolute Gasteiger partial charge is 0.467 e. The van der Waals surface area contributed by atoms with Crippen molar-refractivity contribution in [3.05, 3.63) is 29.3 Å². The van der Waals surface area contributed by atoms with Gasteiger partial charge in [0.2, 0.25) is 10.0 Å². The smallest absolute Gasteiger partial charge is 0.328 e. The highest BCUT2D eigenvalue weighted by Crippen LogP contribution is 2.35. The molecule has 0 N–H and O–H groups in total. The van der Waals surface area contributed by atoms with E-state index in [0.717, 1.165) is 12.0 Å². The van der Waals surface area contributed by atoms with Gasteiger partial charge in [-0.15, -0.1) is 0 Å². The van der Waals surface area contributed by atoms with Crippen LogP contribution in [0.5, 0.6) is 0 Å². The molecule has 1 amide bonds. The Morgan fingerprint density at radius 3 is 2.64 bits per heavy atom. The second kappa shape index (κ2) is 6.33. The van der Waals surface area contributed by atoms with Crippen LogP contribution in [0.25, 0.3) is 0 Å². The first-order valence-electron chi connectivity index (χ1n) is 8.25. The van der Waals surface area contributed by atoms with Crippen LogP contribution in [0.15, 0.2) is 18.2 Å². The molecular weight excluding hydrogens is 344 g/mol. The maximum atomic E-state index is 12.8. The lowest BCUT2D eigenvalue weighted by Gasteiger charge is -2.23. The van der Waals surface area contributed by atoms with E-state index in [4.69, 9.17) is 4.74 Å². The standard InChI is InChI=1S/C17H22N2O5S/c1-11-9-13-10-12(6-7-14(13)19(11)25(3,22)23)16(20)18-8-4-5-15(18)17(21)24-2/h6-7,10-11,15H,4-5,8-9H2,1-3H3. The number of fused-ring (bicyclic) bond motifs is 1. The van der Waals surface area contributed by atoms with E-state index in [1.165, 1.54) is 17.7 Å². The second-order valence-corrected chi connectivity index (χ2v) is 8.49. The Kier molecular flexibility index (Phi) is 4.49. The summed E-state index contributed by atoms with van der Waals surface area (Å²) in [6, 6.07) is 4.33. The lowest BCUT2D eigenvalue weighted by Crippen LogP contribution is -2.41. The summed E-state index contributed by atoms with van der Waals surface area (Å²) >= 11 is 0. The molecule has 1 saturated heterocycles. The molecule has 136 valence electrons. The number of esters is 1. The topological polar surface area (TPSA) is 84.0 Å². The summed E-state index contributed by atoms with van der Waals surface area (Å²) in [5.41, 5.74) is 1.92. The van der Waals surface area contributed by atoms with Crippen molar-refractivity contribution in [3.63, 3.8) is 0 Å². The van der Waals surface area contributed by atoms with Crippen LogP contribution in [-0.2, 0) is 26.0 Å². The van der Waals surface area contributed by atoms with Gasteiger partial charge in [-0.3, -0.25) is 9.10 Å². The molecule has 0 spiro atoms. The molecule has 1 aromatic rings. The zero-order valence-electron chi connectivity index (χ0n) is 14.6. The summed E-state index contributed by atoms with van der Waals surface area (Å²) in [5, 5.41) is 0. The third-order valence-corrected chi connectivity index (χ3v) is 6.09. The second-order valence-electron chi connectivity index (χ2n) is 6.64. The number of ether oxygens (including phenoxy) is 1. The Morgan fingerprint density at radius 1 is 1.28 bits per heavy atom. The Hall–Kier alpha value is -2.09. The van der Waals surface area contributed by atoms with Crippen molar-refractivity contribution >= 4 is 27.6 Å². The minimum absolute atomic E-state index is 0.176. The average Bonchev–Trinajstić information content (AvgIpc) is 3.15. The van der Waals surface area contributed by atoms with Crippen LogP contribution in [0.1, 0.15) is 35.7 Å². The van der Waals surface area contributed by atoms with Gasteiger partial charge in [-0.2, -0.15) is 0 Å². The van der Waals surface area contributed by atoms with Gasteiger partial charge in [-0.05, 0) is 49.9 Å². The maximum absolute atomic E-state index is 12.8. The number of likely N-dealkylation sites (tertiary alicyclic amines) is 1. The predicted octanol–water partition coefficient (Wildman–Crippen LogP) is 1.17. The number of nitrogens with zero attached hydrogens (tertiary/aromatic N) is 2. The first-order valence-corrected chi connectivity index (χ1v) is 10.1. The SMILES string of the molecule is COC(=O)C1CCCN1C(=O)c1ccc2c(c1)CC(C)N2S(C)(=O)=O. The number of carbonyl (C=O) groups is 2. The van der Waals surface area contributed by atoms with Crippen molar-refractivity contribution in [2.45, 2.75) is 38.3 Å². The molecule has 0 aliphatic carbocycles. The number of hydrogen-bond acceptors (Lipinski definition) is 5. The van der Waals surface area contributed by atoms with Gasteiger partial charge >= 0.3 is 5.97 Å². The van der Waals surface area contributed by atoms with E-state index in [-0.39, 0.29) is 11.9 Å². The van der Waals surface area contributed by atoms with E-state index in [2.05, 4.69) is 0 Å². The van der Waals surface area contributed by atoms with Crippen molar-refractivity contribution < 1.29 is 22.7 Å². The number of rotatable bonds is 3. The lowest BCUT2D eigenvalue weighted by atomic mass is 10.1. The van der Waals surface area contributed by atoms with Crippen LogP contribution in [0.2, 0.25) is 0 Å². The third kappa shape index (κ3) is 3.10. The molecule has 1 aromatic carbocycles. The monoisotopic (exact) mass is 366 g/mol. The van der Waals surface area contributed by atoms with Crippen molar-refractivity contribution in [1.82, 2.24) is 4.90 Å². The molecule has 0 bridgehead atoms. The van der Waals surface area contributed by atoms with Crippen LogP contribution < -0.4 is 4.31 Å². The normalized spacial score (nSPS) is 22.8. The number of amides is 1. The molecular formula is C17H22N2O5S. The molecule has 2 atom stereocenters. The van der Waals surface area contributed by atoms with Gasteiger partial charge in [0.1, 0.15) is 6.04 Å². The molecule has 25 heavy (non-hydrogen) atoms. The van der Waals surface area contributed by atoms with E-state index in [1.54, 1.807) is 23.1 Å². The van der Waals surface area contributed by atoms with Gasteiger partial charge in [0.05, 0.1) is 19.1 Å². The molecule has 0 saturated carbocycles. The molecule has 2 aliphatic heterocycles. The molecule has 7 nitrogen and oxygen atoms in total. The quantitative estimate of drug-likeness (QED) is 0.750. The molecule has 0 aromatic heterocycles. The Bertz CT molecular complexity index is 820. The summed E-state index contributed by atoms with van der Waals surface area (Å²) in [6.45, 7) is 2.36. The van der Waals surface area contributed by atoms with Gasteiger partial charge in [0.25, 0.3) is 5.91 Å². The highest BCUT2D eigenvalue weighted by molar-refractivity contribution is 7.92. The lowest BCUT2D eigenvalue weighted by molar-refractivity contribution is -0.145. The molecule has 3 rings (SSSR count). The van der Waals surface area contributed by atoms with E-state index >= 15 is 0 Å². The highest BCUT2D eigenvalue weighted by Gasteiger charge is 2.37. The minimum atomic E-state index is -3.36. The summed E-state index contributed by atoms with van der Waals surface area (Å²) in [4.78, 5) is 26.2. The summed E-state index contributed by atoms with van der Waals surface area (Å²) in [6.07, 6.45) is 3.10. The highest BCUT2D eigenvalue weighted by atomic mass is 32.2. The zero-order valence-corrected chi connectivity index (χ0v) is 15.4. The van der Waals surface area contributed by atoms with Crippen molar-refractivity contribution in [2.75, 3.05) is 24.2 Å². The fraction of sp³-hybridized carbons (Fsp3) is 0.529. The molecule has 1 fully saturated rings.